The van der Waals surface area contributed by atoms with Gasteiger partial charge in [-0.25, -0.2) is 4.79 Å². The van der Waals surface area contributed by atoms with E-state index in [2.05, 4.69) is 5.32 Å². The van der Waals surface area contributed by atoms with Crippen LogP contribution in [-0.2, 0) is 20.7 Å². The number of non-ortho nitro benzene ring substituents is 1. The van der Waals surface area contributed by atoms with Crippen LogP contribution in [0, 0.1) is 10.1 Å². The van der Waals surface area contributed by atoms with Gasteiger partial charge in [-0.1, -0.05) is 12.1 Å². The van der Waals surface area contributed by atoms with Crippen molar-refractivity contribution in [3.8, 4) is 0 Å². The van der Waals surface area contributed by atoms with Crippen LogP contribution >= 0.6 is 0 Å². The Morgan fingerprint density at radius 2 is 1.95 bits per heavy atom. The molecule has 0 aliphatic rings. The van der Waals surface area contributed by atoms with Gasteiger partial charge in [0.05, 0.1) is 18.0 Å². The van der Waals surface area contributed by atoms with Crippen molar-refractivity contribution in [3.05, 3.63) is 39.9 Å². The second-order valence-electron chi connectivity index (χ2n) is 3.90. The molecule has 1 amide bonds. The summed E-state index contributed by atoms with van der Waals surface area (Å²) in [5.74, 6) is -1.33. The van der Waals surface area contributed by atoms with Crippen molar-refractivity contribution >= 4 is 17.6 Å². The Hall–Kier alpha value is -2.48. The predicted octanol–water partition coefficient (Wildman–Crippen LogP) is 0.355. The van der Waals surface area contributed by atoms with Crippen LogP contribution in [0.2, 0.25) is 0 Å². The molecule has 0 radical (unpaired) electrons. The zero-order chi connectivity index (χ0) is 15.0. The van der Waals surface area contributed by atoms with Gasteiger partial charge in [0.15, 0.2) is 0 Å². The van der Waals surface area contributed by atoms with Gasteiger partial charge in [0.1, 0.15) is 6.61 Å². The molecule has 0 saturated carbocycles. The SMILES string of the molecule is O=C(O)COCCNC(=O)Cc1ccc([N+](=O)[O-])cc1. The van der Waals surface area contributed by atoms with Gasteiger partial charge < -0.3 is 15.2 Å². The van der Waals surface area contributed by atoms with E-state index in [1.54, 1.807) is 0 Å². The first kappa shape index (κ1) is 15.6. The summed E-state index contributed by atoms with van der Waals surface area (Å²) in [6.07, 6.45) is 0.0942. The molecule has 0 saturated heterocycles. The number of carboxylic acid groups (broad SMARTS) is 1. The first-order chi connectivity index (χ1) is 9.49. The van der Waals surface area contributed by atoms with E-state index in [-0.39, 0.29) is 31.2 Å². The molecule has 1 rings (SSSR count). The Morgan fingerprint density at radius 3 is 2.50 bits per heavy atom. The third kappa shape index (κ3) is 5.91. The molecule has 1 aromatic rings. The highest BCUT2D eigenvalue weighted by molar-refractivity contribution is 5.78. The minimum Gasteiger partial charge on any atom is -0.480 e. The Labute approximate surface area is 114 Å². The molecule has 0 heterocycles. The quantitative estimate of drug-likeness (QED) is 0.403. The van der Waals surface area contributed by atoms with E-state index in [9.17, 15) is 19.7 Å². The molecule has 0 bridgehead atoms. The van der Waals surface area contributed by atoms with Crippen LogP contribution in [0.15, 0.2) is 24.3 Å². The molecule has 108 valence electrons. The Balaban J connectivity index is 2.28. The van der Waals surface area contributed by atoms with E-state index in [1.165, 1.54) is 24.3 Å². The largest absolute Gasteiger partial charge is 0.480 e. The third-order valence-corrected chi connectivity index (χ3v) is 2.31. The summed E-state index contributed by atoms with van der Waals surface area (Å²) in [6.45, 7) is -0.0877. The number of carbonyl (C=O) groups excluding carboxylic acids is 1. The highest BCUT2D eigenvalue weighted by atomic mass is 16.6. The smallest absolute Gasteiger partial charge is 0.329 e. The van der Waals surface area contributed by atoms with Crippen molar-refractivity contribution in [1.82, 2.24) is 5.32 Å². The number of aliphatic carboxylic acids is 1. The van der Waals surface area contributed by atoms with Crippen molar-refractivity contribution in [2.75, 3.05) is 19.8 Å². The van der Waals surface area contributed by atoms with E-state index in [1.807, 2.05) is 0 Å². The number of rotatable bonds is 8. The number of benzene rings is 1. The second-order valence-corrected chi connectivity index (χ2v) is 3.90. The molecule has 0 aliphatic carbocycles. The number of nitro benzene ring substituents is 1. The van der Waals surface area contributed by atoms with E-state index in [0.717, 1.165) is 0 Å². The summed E-state index contributed by atoms with van der Waals surface area (Å²) < 4.78 is 4.75. The predicted molar refractivity (Wildman–Crippen MR) is 68.3 cm³/mol. The Kier molecular flexibility index (Phi) is 6.11. The molecular weight excluding hydrogens is 268 g/mol. The summed E-state index contributed by atoms with van der Waals surface area (Å²) in [6, 6.07) is 5.69. The van der Waals surface area contributed by atoms with E-state index < -0.39 is 17.5 Å². The fraction of sp³-hybridized carbons (Fsp3) is 0.333. The van der Waals surface area contributed by atoms with E-state index in [4.69, 9.17) is 9.84 Å². The molecular formula is C12H14N2O6. The summed E-state index contributed by atoms with van der Waals surface area (Å²) in [4.78, 5) is 31.6. The molecule has 0 atom stereocenters. The number of hydrogen-bond acceptors (Lipinski definition) is 5. The van der Waals surface area contributed by atoms with Gasteiger partial charge in [0.2, 0.25) is 5.91 Å². The van der Waals surface area contributed by atoms with Gasteiger partial charge >= 0.3 is 5.97 Å². The van der Waals surface area contributed by atoms with Crippen molar-refractivity contribution < 1.29 is 24.4 Å². The maximum atomic E-state index is 11.5. The lowest BCUT2D eigenvalue weighted by Gasteiger charge is -2.05. The van der Waals surface area contributed by atoms with Crippen LogP contribution in [0.1, 0.15) is 5.56 Å². The molecule has 8 heteroatoms. The number of amides is 1. The summed E-state index contributed by atoms with van der Waals surface area (Å²) in [5.41, 5.74) is 0.621. The molecule has 0 fully saturated rings. The minimum absolute atomic E-state index is 0.0313. The van der Waals surface area contributed by atoms with Crippen LogP contribution in [0.3, 0.4) is 0 Å². The normalized spacial score (nSPS) is 10.0. The van der Waals surface area contributed by atoms with E-state index in [0.29, 0.717) is 5.56 Å². The lowest BCUT2D eigenvalue weighted by atomic mass is 10.1. The molecule has 0 unspecified atom stereocenters. The van der Waals surface area contributed by atoms with Gasteiger partial charge in [-0.05, 0) is 5.56 Å². The van der Waals surface area contributed by atoms with Crippen LogP contribution in [0.25, 0.3) is 0 Å². The van der Waals surface area contributed by atoms with Crippen molar-refractivity contribution in [2.24, 2.45) is 0 Å². The molecule has 2 N–H and O–H groups in total. The summed E-state index contributed by atoms with van der Waals surface area (Å²) in [5, 5.41) is 21.3. The summed E-state index contributed by atoms with van der Waals surface area (Å²) in [7, 11) is 0. The number of hydrogen-bond donors (Lipinski definition) is 2. The van der Waals surface area contributed by atoms with Crippen molar-refractivity contribution in [2.45, 2.75) is 6.42 Å². The molecule has 0 aliphatic heterocycles. The first-order valence-corrected chi connectivity index (χ1v) is 5.78. The van der Waals surface area contributed by atoms with Crippen LogP contribution in [0.5, 0.6) is 0 Å². The van der Waals surface area contributed by atoms with Gasteiger partial charge in [0, 0.05) is 18.7 Å². The number of ether oxygens (including phenoxy) is 1. The molecule has 20 heavy (non-hydrogen) atoms. The zero-order valence-corrected chi connectivity index (χ0v) is 10.6. The first-order valence-electron chi connectivity index (χ1n) is 5.78. The van der Waals surface area contributed by atoms with Gasteiger partial charge in [0.25, 0.3) is 5.69 Å². The average Bonchev–Trinajstić information content (AvgIpc) is 2.38. The van der Waals surface area contributed by atoms with E-state index >= 15 is 0 Å². The van der Waals surface area contributed by atoms with Crippen LogP contribution in [0.4, 0.5) is 5.69 Å². The highest BCUT2D eigenvalue weighted by Crippen LogP contribution is 2.12. The number of nitrogens with zero attached hydrogens (tertiary/aromatic N) is 1. The van der Waals surface area contributed by atoms with Gasteiger partial charge in [-0.3, -0.25) is 14.9 Å². The van der Waals surface area contributed by atoms with Crippen molar-refractivity contribution in [1.29, 1.82) is 0 Å². The second kappa shape index (κ2) is 7.85. The zero-order valence-electron chi connectivity index (χ0n) is 10.6. The van der Waals surface area contributed by atoms with Gasteiger partial charge in [-0.2, -0.15) is 0 Å². The Morgan fingerprint density at radius 1 is 1.30 bits per heavy atom. The third-order valence-electron chi connectivity index (χ3n) is 2.31. The maximum Gasteiger partial charge on any atom is 0.329 e. The number of carbonyl (C=O) groups is 2. The summed E-state index contributed by atoms with van der Waals surface area (Å²) >= 11 is 0. The highest BCUT2D eigenvalue weighted by Gasteiger charge is 2.07. The minimum atomic E-state index is -1.07. The number of nitrogens with one attached hydrogen (secondary N) is 1. The fourth-order valence-corrected chi connectivity index (χ4v) is 1.41. The number of nitro groups is 1. The lowest BCUT2D eigenvalue weighted by molar-refractivity contribution is -0.384. The standard InChI is InChI=1S/C12H14N2O6/c15-11(13-5-6-20-8-12(16)17)7-9-1-3-10(4-2-9)14(18)19/h1-4H,5-8H2,(H,13,15)(H,16,17). The molecule has 1 aromatic carbocycles. The van der Waals surface area contributed by atoms with Crippen LogP contribution in [-0.4, -0.2) is 41.7 Å². The molecule has 8 nitrogen and oxygen atoms in total. The Bertz CT molecular complexity index is 485. The van der Waals surface area contributed by atoms with Crippen LogP contribution < -0.4 is 5.32 Å². The topological polar surface area (TPSA) is 119 Å². The maximum absolute atomic E-state index is 11.5. The van der Waals surface area contributed by atoms with Gasteiger partial charge in [-0.15, -0.1) is 0 Å². The fourth-order valence-electron chi connectivity index (χ4n) is 1.41. The monoisotopic (exact) mass is 282 g/mol. The number of carboxylic acids is 1. The molecule has 0 spiro atoms. The molecule has 0 aromatic heterocycles. The lowest BCUT2D eigenvalue weighted by Crippen LogP contribution is -2.29. The average molecular weight is 282 g/mol. The van der Waals surface area contributed by atoms with Crippen molar-refractivity contribution in [3.63, 3.8) is 0 Å².